The van der Waals surface area contributed by atoms with Gasteiger partial charge >= 0.3 is 5.97 Å². The minimum Gasteiger partial charge on any atom is -0.452 e. The zero-order valence-corrected chi connectivity index (χ0v) is 17.6. The lowest BCUT2D eigenvalue weighted by Crippen LogP contribution is -2.42. The first kappa shape index (κ1) is 21.8. The van der Waals surface area contributed by atoms with Crippen LogP contribution in [-0.4, -0.2) is 44.2 Å². The molecule has 0 saturated heterocycles. The molecule has 3 rings (SSSR count). The highest BCUT2D eigenvalue weighted by atomic mass is 32.2. The second-order valence-corrected chi connectivity index (χ2v) is 8.29. The lowest BCUT2D eigenvalue weighted by atomic mass is 9.86. The standard InChI is InChI=1S/C19H23N5O5S/c1-12-5-3-4-6-14(12)21-17(25)10-29-18(26)13-7-8-16(15(9-13)24(27)28)30-19-22-20-11-23(19)2/h7-9,11-12,14H,3-6,10H2,1-2H3,(H,21,25)/t12-,14-/m0/s1. The van der Waals surface area contributed by atoms with Crippen molar-refractivity contribution in [3.05, 3.63) is 40.2 Å². The van der Waals surface area contributed by atoms with E-state index in [1.165, 1.54) is 18.5 Å². The Balaban J connectivity index is 1.62. The van der Waals surface area contributed by atoms with Gasteiger partial charge in [0.05, 0.1) is 15.4 Å². The van der Waals surface area contributed by atoms with Gasteiger partial charge in [-0.3, -0.25) is 14.9 Å². The van der Waals surface area contributed by atoms with Crippen molar-refractivity contribution in [3.8, 4) is 0 Å². The number of nitro benzene ring substituents is 1. The number of amides is 1. The van der Waals surface area contributed by atoms with E-state index in [0.29, 0.717) is 16.0 Å². The molecule has 0 radical (unpaired) electrons. The van der Waals surface area contributed by atoms with Crippen LogP contribution < -0.4 is 5.32 Å². The summed E-state index contributed by atoms with van der Waals surface area (Å²) in [5, 5.41) is 22.5. The monoisotopic (exact) mass is 433 g/mol. The summed E-state index contributed by atoms with van der Waals surface area (Å²) >= 11 is 1.07. The van der Waals surface area contributed by atoms with Crippen LogP contribution in [0.2, 0.25) is 0 Å². The molecule has 1 amide bonds. The van der Waals surface area contributed by atoms with E-state index in [1.807, 2.05) is 0 Å². The number of aromatic nitrogens is 3. The summed E-state index contributed by atoms with van der Waals surface area (Å²) in [5.74, 6) is -0.772. The molecule has 30 heavy (non-hydrogen) atoms. The van der Waals surface area contributed by atoms with Gasteiger partial charge in [0.1, 0.15) is 6.33 Å². The van der Waals surface area contributed by atoms with Crippen molar-refractivity contribution in [2.24, 2.45) is 13.0 Å². The number of nitrogens with zero attached hydrogens (tertiary/aromatic N) is 4. The van der Waals surface area contributed by atoms with Crippen LogP contribution in [0.15, 0.2) is 34.6 Å². The molecule has 0 unspecified atom stereocenters. The van der Waals surface area contributed by atoms with Gasteiger partial charge < -0.3 is 14.6 Å². The second kappa shape index (κ2) is 9.70. The minimum absolute atomic E-state index is 0.00264. The maximum absolute atomic E-state index is 12.3. The maximum Gasteiger partial charge on any atom is 0.338 e. The quantitative estimate of drug-likeness (QED) is 0.401. The Hall–Kier alpha value is -2.95. The summed E-state index contributed by atoms with van der Waals surface area (Å²) in [6.07, 6.45) is 5.69. The largest absolute Gasteiger partial charge is 0.452 e. The van der Waals surface area contributed by atoms with Crippen LogP contribution in [0, 0.1) is 16.0 Å². The van der Waals surface area contributed by atoms with E-state index in [4.69, 9.17) is 4.74 Å². The first-order chi connectivity index (χ1) is 14.3. The fourth-order valence-corrected chi connectivity index (χ4v) is 4.18. The van der Waals surface area contributed by atoms with Gasteiger partial charge in [0.25, 0.3) is 11.6 Å². The first-order valence-corrected chi connectivity index (χ1v) is 10.4. The number of nitrogens with one attached hydrogen (secondary N) is 1. The zero-order chi connectivity index (χ0) is 21.7. The van der Waals surface area contributed by atoms with Crippen LogP contribution in [0.5, 0.6) is 0 Å². The molecule has 0 spiro atoms. The Morgan fingerprint density at radius 3 is 2.80 bits per heavy atom. The number of hydrogen-bond donors (Lipinski definition) is 1. The van der Waals surface area contributed by atoms with E-state index in [-0.39, 0.29) is 23.2 Å². The average molecular weight is 433 g/mol. The molecular formula is C19H23N5O5S. The highest BCUT2D eigenvalue weighted by Gasteiger charge is 2.24. The van der Waals surface area contributed by atoms with E-state index >= 15 is 0 Å². The third kappa shape index (κ3) is 5.35. The summed E-state index contributed by atoms with van der Waals surface area (Å²) in [6.45, 7) is 1.67. The summed E-state index contributed by atoms with van der Waals surface area (Å²) in [5.41, 5.74) is -0.249. The maximum atomic E-state index is 12.3. The highest BCUT2D eigenvalue weighted by molar-refractivity contribution is 7.99. The van der Waals surface area contributed by atoms with Crippen molar-refractivity contribution in [3.63, 3.8) is 0 Å². The summed E-state index contributed by atoms with van der Waals surface area (Å²) in [6, 6.07) is 4.11. The Morgan fingerprint density at radius 1 is 1.37 bits per heavy atom. The number of rotatable bonds is 7. The lowest BCUT2D eigenvalue weighted by molar-refractivity contribution is -0.387. The van der Waals surface area contributed by atoms with Gasteiger partial charge in [0.15, 0.2) is 11.8 Å². The molecule has 1 heterocycles. The van der Waals surface area contributed by atoms with E-state index in [0.717, 1.165) is 43.5 Å². The molecule has 1 N–H and O–H groups in total. The van der Waals surface area contributed by atoms with Gasteiger partial charge in [-0.2, -0.15) is 0 Å². The molecule has 1 fully saturated rings. The number of carbonyl (C=O) groups is 2. The van der Waals surface area contributed by atoms with Crippen LogP contribution in [0.1, 0.15) is 43.0 Å². The van der Waals surface area contributed by atoms with Gasteiger partial charge in [-0.15, -0.1) is 10.2 Å². The van der Waals surface area contributed by atoms with E-state index in [1.54, 1.807) is 11.6 Å². The zero-order valence-electron chi connectivity index (χ0n) is 16.7. The average Bonchev–Trinajstić information content (AvgIpc) is 3.12. The molecule has 2 atom stereocenters. The second-order valence-electron chi connectivity index (χ2n) is 7.28. The number of benzene rings is 1. The van der Waals surface area contributed by atoms with Crippen LogP contribution in [0.25, 0.3) is 0 Å². The Labute approximate surface area is 177 Å². The van der Waals surface area contributed by atoms with Gasteiger partial charge in [-0.05, 0) is 42.7 Å². The van der Waals surface area contributed by atoms with Crippen molar-refractivity contribution >= 4 is 29.3 Å². The highest BCUT2D eigenvalue weighted by Crippen LogP contribution is 2.34. The topological polar surface area (TPSA) is 129 Å². The van der Waals surface area contributed by atoms with Gasteiger partial charge in [-0.25, -0.2) is 4.79 Å². The molecule has 1 aromatic carbocycles. The summed E-state index contributed by atoms with van der Waals surface area (Å²) in [7, 11) is 1.72. The van der Waals surface area contributed by atoms with Crippen LogP contribution in [0.4, 0.5) is 5.69 Å². The fraction of sp³-hybridized carbons (Fsp3) is 0.474. The Bertz CT molecular complexity index is 947. The molecule has 11 heteroatoms. The first-order valence-electron chi connectivity index (χ1n) is 9.62. The normalized spacial score (nSPS) is 18.6. The van der Waals surface area contributed by atoms with E-state index < -0.39 is 17.5 Å². The van der Waals surface area contributed by atoms with Crippen molar-refractivity contribution in [1.82, 2.24) is 20.1 Å². The SMILES string of the molecule is C[C@H]1CCCC[C@@H]1NC(=O)COC(=O)c1ccc(Sc2nncn2C)c([N+](=O)[O-])c1. The molecule has 0 aliphatic heterocycles. The van der Waals surface area contributed by atoms with Gasteiger partial charge in [0.2, 0.25) is 0 Å². The van der Waals surface area contributed by atoms with E-state index in [9.17, 15) is 19.7 Å². The van der Waals surface area contributed by atoms with Gasteiger partial charge in [-0.1, -0.05) is 19.8 Å². The minimum atomic E-state index is -0.792. The number of hydrogen-bond acceptors (Lipinski definition) is 8. The number of nitro groups is 1. The van der Waals surface area contributed by atoms with Crippen LogP contribution >= 0.6 is 11.8 Å². The predicted molar refractivity (Wildman–Crippen MR) is 108 cm³/mol. The summed E-state index contributed by atoms with van der Waals surface area (Å²) < 4.78 is 6.69. The number of esters is 1. The Kier molecular flexibility index (Phi) is 7.03. The van der Waals surface area contributed by atoms with E-state index in [2.05, 4.69) is 22.4 Å². The van der Waals surface area contributed by atoms with Crippen molar-refractivity contribution in [2.45, 2.75) is 48.7 Å². The fourth-order valence-electron chi connectivity index (χ4n) is 3.33. The molecule has 0 bridgehead atoms. The summed E-state index contributed by atoms with van der Waals surface area (Å²) in [4.78, 5) is 35.6. The number of carbonyl (C=O) groups excluding carboxylic acids is 2. The van der Waals surface area contributed by atoms with Crippen LogP contribution in [0.3, 0.4) is 0 Å². The molecule has 160 valence electrons. The number of ether oxygens (including phenoxy) is 1. The van der Waals surface area contributed by atoms with Crippen LogP contribution in [-0.2, 0) is 16.6 Å². The van der Waals surface area contributed by atoms with Crippen molar-refractivity contribution in [1.29, 1.82) is 0 Å². The molecule has 1 aliphatic rings. The Morgan fingerprint density at radius 2 is 2.13 bits per heavy atom. The molecule has 1 aliphatic carbocycles. The smallest absolute Gasteiger partial charge is 0.338 e. The van der Waals surface area contributed by atoms with Crippen molar-refractivity contribution < 1.29 is 19.2 Å². The molecule has 1 aromatic heterocycles. The lowest BCUT2D eigenvalue weighted by Gasteiger charge is -2.29. The predicted octanol–water partition coefficient (Wildman–Crippen LogP) is 2.73. The molecular weight excluding hydrogens is 410 g/mol. The third-order valence-electron chi connectivity index (χ3n) is 5.05. The van der Waals surface area contributed by atoms with Gasteiger partial charge in [0, 0.05) is 19.2 Å². The third-order valence-corrected chi connectivity index (χ3v) is 6.17. The molecule has 2 aromatic rings. The number of aryl methyl sites for hydroxylation is 1. The van der Waals surface area contributed by atoms with Crippen molar-refractivity contribution in [2.75, 3.05) is 6.61 Å². The molecule has 1 saturated carbocycles. The molecule has 10 nitrogen and oxygen atoms in total.